The summed E-state index contributed by atoms with van der Waals surface area (Å²) in [6.45, 7) is 1.85. The van der Waals surface area contributed by atoms with Crippen molar-refractivity contribution in [3.63, 3.8) is 0 Å². The minimum absolute atomic E-state index is 0.526. The molecule has 4 rings (SSSR count). The highest BCUT2D eigenvalue weighted by atomic mass is 32.2. The van der Waals surface area contributed by atoms with Gasteiger partial charge in [-0.2, -0.15) is 0 Å². The minimum Gasteiger partial charge on any atom is -0.340 e. The Bertz CT molecular complexity index is 1310. The van der Waals surface area contributed by atoms with E-state index >= 15 is 0 Å². The van der Waals surface area contributed by atoms with Crippen LogP contribution in [0.1, 0.15) is 5.56 Å². The third kappa shape index (κ3) is 5.26. The van der Waals surface area contributed by atoms with Crippen LogP contribution in [0.15, 0.2) is 85.2 Å². The van der Waals surface area contributed by atoms with Crippen molar-refractivity contribution < 1.29 is 8.42 Å². The summed E-state index contributed by atoms with van der Waals surface area (Å²) in [7, 11) is -3.36. The Balaban J connectivity index is 1.56. The van der Waals surface area contributed by atoms with Crippen LogP contribution in [0, 0.1) is 6.92 Å². The Labute approximate surface area is 182 Å². The van der Waals surface area contributed by atoms with Gasteiger partial charge in [0.25, 0.3) is 0 Å². The predicted molar refractivity (Wildman–Crippen MR) is 126 cm³/mol. The lowest BCUT2D eigenvalue weighted by Gasteiger charge is -2.12. The monoisotopic (exact) mass is 430 g/mol. The quantitative estimate of drug-likeness (QED) is 0.437. The van der Waals surface area contributed by atoms with Crippen molar-refractivity contribution in [2.75, 3.05) is 16.3 Å². The Hall–Kier alpha value is -3.71. The molecule has 0 atom stereocenters. The summed E-state index contributed by atoms with van der Waals surface area (Å²) in [4.78, 5) is 8.68. The van der Waals surface area contributed by atoms with Crippen molar-refractivity contribution in [1.82, 2.24) is 9.97 Å². The van der Waals surface area contributed by atoms with Crippen LogP contribution in [-0.2, 0) is 10.0 Å². The van der Waals surface area contributed by atoms with Gasteiger partial charge in [0.2, 0.25) is 10.0 Å². The molecule has 0 fully saturated rings. The van der Waals surface area contributed by atoms with Crippen LogP contribution in [0.25, 0.3) is 22.4 Å². The standard InChI is InChI=1S/C24H22N4O2S/c1-17-8-13-21(14-22(17)28-31(2,29)30)27-24-15-23(25-16-26-24)20-11-9-19(10-12-20)18-6-4-3-5-7-18/h3-16,28H,1-2H3,(H,25,26,27). The number of hydrogen-bond donors (Lipinski definition) is 2. The molecule has 7 heteroatoms. The molecular formula is C24H22N4O2S. The Morgan fingerprint density at radius 1 is 0.774 bits per heavy atom. The van der Waals surface area contributed by atoms with E-state index in [0.717, 1.165) is 39.9 Å². The second-order valence-corrected chi connectivity index (χ2v) is 9.01. The first-order valence-corrected chi connectivity index (χ1v) is 11.6. The summed E-state index contributed by atoms with van der Waals surface area (Å²) in [5, 5.41) is 3.22. The topological polar surface area (TPSA) is 84.0 Å². The van der Waals surface area contributed by atoms with E-state index in [-0.39, 0.29) is 0 Å². The zero-order chi connectivity index (χ0) is 21.8. The van der Waals surface area contributed by atoms with E-state index in [9.17, 15) is 8.42 Å². The van der Waals surface area contributed by atoms with E-state index in [0.29, 0.717) is 11.5 Å². The number of nitrogens with zero attached hydrogens (tertiary/aromatic N) is 2. The number of sulfonamides is 1. The highest BCUT2D eigenvalue weighted by Crippen LogP contribution is 2.27. The average Bonchev–Trinajstić information content (AvgIpc) is 2.76. The van der Waals surface area contributed by atoms with E-state index in [2.05, 4.69) is 44.3 Å². The molecule has 1 aromatic heterocycles. The number of nitrogens with one attached hydrogen (secondary N) is 2. The zero-order valence-electron chi connectivity index (χ0n) is 17.2. The molecule has 0 amide bonds. The lowest BCUT2D eigenvalue weighted by atomic mass is 10.0. The molecule has 156 valence electrons. The van der Waals surface area contributed by atoms with Crippen molar-refractivity contribution >= 4 is 27.2 Å². The van der Waals surface area contributed by atoms with Crippen LogP contribution in [0.2, 0.25) is 0 Å². The molecule has 0 unspecified atom stereocenters. The van der Waals surface area contributed by atoms with Crippen molar-refractivity contribution in [1.29, 1.82) is 0 Å². The van der Waals surface area contributed by atoms with Crippen LogP contribution in [0.5, 0.6) is 0 Å². The highest BCUT2D eigenvalue weighted by molar-refractivity contribution is 7.92. The third-order valence-electron chi connectivity index (χ3n) is 4.76. The molecule has 0 saturated heterocycles. The first kappa shape index (κ1) is 20.6. The van der Waals surface area contributed by atoms with Gasteiger partial charge in [-0.05, 0) is 35.7 Å². The van der Waals surface area contributed by atoms with Crippen LogP contribution in [0.4, 0.5) is 17.2 Å². The molecule has 0 aliphatic carbocycles. The maximum Gasteiger partial charge on any atom is 0.229 e. The van der Waals surface area contributed by atoms with Gasteiger partial charge in [0.15, 0.2) is 0 Å². The Morgan fingerprint density at radius 3 is 2.16 bits per heavy atom. The number of aryl methyl sites for hydroxylation is 1. The summed E-state index contributed by atoms with van der Waals surface area (Å²) in [6, 6.07) is 25.7. The average molecular weight is 431 g/mol. The fourth-order valence-electron chi connectivity index (χ4n) is 3.20. The van der Waals surface area contributed by atoms with Gasteiger partial charge < -0.3 is 5.32 Å². The Morgan fingerprint density at radius 2 is 1.45 bits per heavy atom. The van der Waals surface area contributed by atoms with Crippen LogP contribution in [-0.4, -0.2) is 24.6 Å². The number of hydrogen-bond acceptors (Lipinski definition) is 5. The molecule has 0 saturated carbocycles. The Kier molecular flexibility index (Phi) is 5.68. The van der Waals surface area contributed by atoms with Crippen LogP contribution in [0.3, 0.4) is 0 Å². The fraction of sp³-hybridized carbons (Fsp3) is 0.0833. The first-order chi connectivity index (χ1) is 14.9. The largest absolute Gasteiger partial charge is 0.340 e. The maximum absolute atomic E-state index is 11.6. The molecule has 3 aromatic carbocycles. The van der Waals surface area contributed by atoms with E-state index < -0.39 is 10.0 Å². The van der Waals surface area contributed by atoms with Gasteiger partial charge >= 0.3 is 0 Å². The van der Waals surface area contributed by atoms with Crippen molar-refractivity contribution in [2.45, 2.75) is 6.92 Å². The maximum atomic E-state index is 11.6. The second-order valence-electron chi connectivity index (χ2n) is 7.26. The first-order valence-electron chi connectivity index (χ1n) is 9.71. The fourth-order valence-corrected chi connectivity index (χ4v) is 3.82. The van der Waals surface area contributed by atoms with E-state index in [1.54, 1.807) is 6.07 Å². The van der Waals surface area contributed by atoms with Gasteiger partial charge in [0, 0.05) is 17.3 Å². The molecule has 2 N–H and O–H groups in total. The van der Waals surface area contributed by atoms with E-state index in [4.69, 9.17) is 0 Å². The van der Waals surface area contributed by atoms with E-state index in [1.807, 2.05) is 55.5 Å². The molecule has 1 heterocycles. The molecule has 0 spiro atoms. The molecule has 4 aromatic rings. The highest BCUT2D eigenvalue weighted by Gasteiger charge is 2.08. The van der Waals surface area contributed by atoms with Crippen LogP contribution < -0.4 is 10.0 Å². The van der Waals surface area contributed by atoms with Crippen LogP contribution >= 0.6 is 0 Å². The number of rotatable bonds is 6. The molecule has 0 bridgehead atoms. The summed E-state index contributed by atoms with van der Waals surface area (Å²) >= 11 is 0. The summed E-state index contributed by atoms with van der Waals surface area (Å²) in [5.74, 6) is 0.617. The van der Waals surface area contributed by atoms with Crippen molar-refractivity contribution in [3.05, 3.63) is 90.8 Å². The summed E-state index contributed by atoms with van der Waals surface area (Å²) < 4.78 is 25.7. The molecule has 0 radical (unpaired) electrons. The molecule has 0 aliphatic heterocycles. The second kappa shape index (κ2) is 8.57. The lowest BCUT2D eigenvalue weighted by Crippen LogP contribution is -2.10. The lowest BCUT2D eigenvalue weighted by molar-refractivity contribution is 0.607. The number of aromatic nitrogens is 2. The van der Waals surface area contributed by atoms with Gasteiger partial charge in [0.05, 0.1) is 17.6 Å². The van der Waals surface area contributed by atoms with Crippen molar-refractivity contribution in [2.24, 2.45) is 0 Å². The van der Waals surface area contributed by atoms with Gasteiger partial charge in [0.1, 0.15) is 12.1 Å². The summed E-state index contributed by atoms with van der Waals surface area (Å²) in [5.41, 5.74) is 6.16. The molecule has 6 nitrogen and oxygen atoms in total. The van der Waals surface area contributed by atoms with Gasteiger partial charge in [-0.15, -0.1) is 0 Å². The predicted octanol–water partition coefficient (Wildman–Crippen LogP) is 5.23. The third-order valence-corrected chi connectivity index (χ3v) is 5.35. The smallest absolute Gasteiger partial charge is 0.229 e. The van der Waals surface area contributed by atoms with Gasteiger partial charge in [-0.3, -0.25) is 4.72 Å². The molecule has 31 heavy (non-hydrogen) atoms. The van der Waals surface area contributed by atoms with E-state index in [1.165, 1.54) is 6.33 Å². The zero-order valence-corrected chi connectivity index (χ0v) is 18.0. The normalized spacial score (nSPS) is 11.2. The SMILES string of the molecule is Cc1ccc(Nc2cc(-c3ccc(-c4ccccc4)cc3)ncn2)cc1NS(C)(=O)=O. The molecular weight excluding hydrogens is 408 g/mol. The molecule has 0 aliphatic rings. The minimum atomic E-state index is -3.36. The summed E-state index contributed by atoms with van der Waals surface area (Å²) in [6.07, 6.45) is 2.64. The number of benzene rings is 3. The van der Waals surface area contributed by atoms with Crippen molar-refractivity contribution in [3.8, 4) is 22.4 Å². The van der Waals surface area contributed by atoms with Gasteiger partial charge in [-0.25, -0.2) is 18.4 Å². The van der Waals surface area contributed by atoms with Gasteiger partial charge in [-0.1, -0.05) is 60.7 Å². The number of anilines is 3.